The predicted molar refractivity (Wildman–Crippen MR) is 66.3 cm³/mol. The number of nitrogens with two attached hydrogens (primary N) is 1. The van der Waals surface area contributed by atoms with E-state index in [2.05, 4.69) is 5.32 Å². The zero-order valence-electron chi connectivity index (χ0n) is 9.54. The van der Waals surface area contributed by atoms with Gasteiger partial charge in [-0.25, -0.2) is 0 Å². The van der Waals surface area contributed by atoms with Crippen LogP contribution >= 0.6 is 11.6 Å². The van der Waals surface area contributed by atoms with Crippen LogP contribution in [0.4, 0.5) is 11.4 Å². The summed E-state index contributed by atoms with van der Waals surface area (Å²) in [4.78, 5) is 22.2. The molecule has 1 rings (SSSR count). The van der Waals surface area contributed by atoms with Gasteiger partial charge in [-0.2, -0.15) is 0 Å². The van der Waals surface area contributed by atoms with E-state index in [1.54, 1.807) is 0 Å². The maximum Gasteiger partial charge on any atom is 0.231 e. The number of anilines is 2. The van der Waals surface area contributed by atoms with Gasteiger partial charge in [0.1, 0.15) is 11.5 Å². The van der Waals surface area contributed by atoms with E-state index in [0.717, 1.165) is 0 Å². The van der Waals surface area contributed by atoms with Crippen molar-refractivity contribution in [2.24, 2.45) is 0 Å². The van der Waals surface area contributed by atoms with Gasteiger partial charge in [-0.3, -0.25) is 9.59 Å². The van der Waals surface area contributed by atoms with Crippen molar-refractivity contribution in [1.82, 2.24) is 0 Å². The Balaban J connectivity index is 2.93. The molecular formula is C11H13ClN2O3. The Morgan fingerprint density at radius 2 is 2.12 bits per heavy atom. The number of carbonyl (C=O) groups is 2. The summed E-state index contributed by atoms with van der Waals surface area (Å²) in [7, 11) is 1.45. The number of nitrogens with one attached hydrogen (secondary N) is 1. The third kappa shape index (κ3) is 3.64. The van der Waals surface area contributed by atoms with E-state index < -0.39 is 5.91 Å². The standard InChI is InChI=1S/C11H13ClN2O3/c1-6(15)3-11(16)14-9-4-7(12)8(13)5-10(9)17-2/h4-5H,3,13H2,1-2H3,(H,14,16). The van der Waals surface area contributed by atoms with E-state index in [0.29, 0.717) is 22.1 Å². The summed E-state index contributed by atoms with van der Waals surface area (Å²) in [5.41, 5.74) is 6.34. The molecule has 0 aliphatic rings. The highest BCUT2D eigenvalue weighted by Gasteiger charge is 2.11. The highest BCUT2D eigenvalue weighted by molar-refractivity contribution is 6.33. The molecule has 0 atom stereocenters. The Labute approximate surface area is 104 Å². The summed E-state index contributed by atoms with van der Waals surface area (Å²) in [6, 6.07) is 2.99. The molecule has 1 aromatic carbocycles. The molecule has 17 heavy (non-hydrogen) atoms. The molecule has 6 heteroatoms. The van der Waals surface area contributed by atoms with E-state index in [9.17, 15) is 9.59 Å². The van der Waals surface area contributed by atoms with Crippen molar-refractivity contribution < 1.29 is 14.3 Å². The number of Topliss-reactive ketones (excluding diaryl/α,β-unsaturated/α-hetero) is 1. The molecule has 0 aliphatic carbocycles. The van der Waals surface area contributed by atoms with Crippen LogP contribution in [0.25, 0.3) is 0 Å². The van der Waals surface area contributed by atoms with Crippen molar-refractivity contribution in [3.8, 4) is 5.75 Å². The lowest BCUT2D eigenvalue weighted by Crippen LogP contribution is -2.15. The Morgan fingerprint density at radius 3 is 2.65 bits per heavy atom. The van der Waals surface area contributed by atoms with Crippen molar-refractivity contribution in [2.45, 2.75) is 13.3 Å². The first-order valence-corrected chi connectivity index (χ1v) is 5.24. The van der Waals surface area contributed by atoms with Crippen molar-refractivity contribution in [3.63, 3.8) is 0 Å². The molecule has 0 aromatic heterocycles. The van der Waals surface area contributed by atoms with E-state index >= 15 is 0 Å². The number of hydrogen-bond acceptors (Lipinski definition) is 4. The maximum absolute atomic E-state index is 11.4. The highest BCUT2D eigenvalue weighted by atomic mass is 35.5. The van der Waals surface area contributed by atoms with Crippen molar-refractivity contribution in [3.05, 3.63) is 17.2 Å². The zero-order chi connectivity index (χ0) is 13.0. The summed E-state index contributed by atoms with van der Waals surface area (Å²) >= 11 is 5.83. The summed E-state index contributed by atoms with van der Waals surface area (Å²) < 4.78 is 5.05. The second-order valence-corrected chi connectivity index (χ2v) is 3.91. The first-order chi connectivity index (χ1) is 7.93. The molecule has 1 aromatic rings. The molecule has 0 spiro atoms. The SMILES string of the molecule is COc1cc(N)c(Cl)cc1NC(=O)CC(C)=O. The fraction of sp³-hybridized carbons (Fsp3) is 0.273. The lowest BCUT2D eigenvalue weighted by molar-refractivity contribution is -0.124. The van der Waals surface area contributed by atoms with Gasteiger partial charge >= 0.3 is 0 Å². The molecule has 92 valence electrons. The molecule has 0 unspecified atom stereocenters. The topological polar surface area (TPSA) is 81.4 Å². The minimum atomic E-state index is -0.420. The zero-order valence-corrected chi connectivity index (χ0v) is 10.3. The molecule has 5 nitrogen and oxygen atoms in total. The average molecular weight is 257 g/mol. The fourth-order valence-corrected chi connectivity index (χ4v) is 1.42. The van der Waals surface area contributed by atoms with Crippen LogP contribution < -0.4 is 15.8 Å². The van der Waals surface area contributed by atoms with E-state index in [1.165, 1.54) is 26.2 Å². The quantitative estimate of drug-likeness (QED) is 0.636. The van der Waals surface area contributed by atoms with Gasteiger partial charge in [0.15, 0.2) is 0 Å². The van der Waals surface area contributed by atoms with Crippen LogP contribution in [0.2, 0.25) is 5.02 Å². The van der Waals surface area contributed by atoms with E-state index in [4.69, 9.17) is 22.1 Å². The van der Waals surface area contributed by atoms with Crippen LogP contribution in [0, 0.1) is 0 Å². The van der Waals surface area contributed by atoms with Crippen LogP contribution in [0.1, 0.15) is 13.3 Å². The van der Waals surface area contributed by atoms with E-state index in [1.807, 2.05) is 0 Å². The number of ether oxygens (including phenoxy) is 1. The van der Waals surface area contributed by atoms with E-state index in [-0.39, 0.29) is 12.2 Å². The van der Waals surface area contributed by atoms with Gasteiger partial charge in [-0.1, -0.05) is 11.6 Å². The maximum atomic E-state index is 11.4. The summed E-state index contributed by atoms with van der Waals surface area (Å²) in [6.45, 7) is 1.34. The minimum Gasteiger partial charge on any atom is -0.494 e. The number of benzene rings is 1. The lowest BCUT2D eigenvalue weighted by Gasteiger charge is -2.11. The molecular weight excluding hydrogens is 244 g/mol. The van der Waals surface area contributed by atoms with Gasteiger partial charge < -0.3 is 15.8 Å². The van der Waals surface area contributed by atoms with Gasteiger partial charge in [-0.15, -0.1) is 0 Å². The smallest absolute Gasteiger partial charge is 0.231 e. The Hall–Kier alpha value is -1.75. The second kappa shape index (κ2) is 5.54. The fourth-order valence-electron chi connectivity index (χ4n) is 1.26. The van der Waals surface area contributed by atoms with Gasteiger partial charge in [-0.05, 0) is 13.0 Å². The first kappa shape index (κ1) is 13.3. The summed E-state index contributed by atoms with van der Waals surface area (Å²) in [6.07, 6.45) is -0.189. The number of rotatable bonds is 4. The highest BCUT2D eigenvalue weighted by Crippen LogP contribution is 2.32. The molecule has 3 N–H and O–H groups in total. The average Bonchev–Trinajstić information content (AvgIpc) is 2.21. The normalized spacial score (nSPS) is 9.82. The molecule has 0 heterocycles. The predicted octanol–water partition coefficient (Wildman–Crippen LogP) is 1.85. The molecule has 0 fully saturated rings. The molecule has 0 bridgehead atoms. The van der Waals surface area contributed by atoms with Crippen molar-refractivity contribution in [2.75, 3.05) is 18.2 Å². The molecule has 0 radical (unpaired) electrons. The van der Waals surface area contributed by atoms with Crippen LogP contribution in [0.15, 0.2) is 12.1 Å². The van der Waals surface area contributed by atoms with Crippen LogP contribution in [0.3, 0.4) is 0 Å². The Kier molecular flexibility index (Phi) is 4.34. The van der Waals surface area contributed by atoms with Crippen LogP contribution in [0.5, 0.6) is 5.75 Å². The van der Waals surface area contributed by atoms with Crippen molar-refractivity contribution in [1.29, 1.82) is 0 Å². The summed E-state index contributed by atoms with van der Waals surface area (Å²) in [5.74, 6) is -0.247. The van der Waals surface area contributed by atoms with Crippen LogP contribution in [-0.2, 0) is 9.59 Å². The van der Waals surface area contributed by atoms with Gasteiger partial charge in [0.2, 0.25) is 5.91 Å². The lowest BCUT2D eigenvalue weighted by atomic mass is 10.2. The molecule has 0 saturated heterocycles. The third-order valence-electron chi connectivity index (χ3n) is 2.00. The van der Waals surface area contributed by atoms with Crippen molar-refractivity contribution >= 4 is 34.7 Å². The number of carbonyl (C=O) groups excluding carboxylic acids is 2. The summed E-state index contributed by atoms with van der Waals surface area (Å²) in [5, 5.41) is 2.85. The molecule has 0 saturated carbocycles. The third-order valence-corrected chi connectivity index (χ3v) is 2.33. The Morgan fingerprint density at radius 1 is 1.47 bits per heavy atom. The van der Waals surface area contributed by atoms with Gasteiger partial charge in [0.25, 0.3) is 0 Å². The number of amides is 1. The van der Waals surface area contributed by atoms with Crippen LogP contribution in [-0.4, -0.2) is 18.8 Å². The number of halogens is 1. The van der Waals surface area contributed by atoms with Gasteiger partial charge in [0.05, 0.1) is 29.9 Å². The number of nitrogen functional groups attached to an aromatic ring is 1. The second-order valence-electron chi connectivity index (χ2n) is 3.50. The van der Waals surface area contributed by atoms with Gasteiger partial charge in [0, 0.05) is 6.07 Å². The first-order valence-electron chi connectivity index (χ1n) is 4.86. The largest absolute Gasteiger partial charge is 0.494 e. The number of methoxy groups -OCH3 is 1. The molecule has 0 aliphatic heterocycles. The molecule has 1 amide bonds. The minimum absolute atomic E-state index is 0.189. The number of hydrogen-bond donors (Lipinski definition) is 2. The monoisotopic (exact) mass is 256 g/mol. The number of ketones is 1. The Bertz CT molecular complexity index is 460.